The predicted octanol–water partition coefficient (Wildman–Crippen LogP) is 2.94. The van der Waals surface area contributed by atoms with E-state index in [0.717, 1.165) is 6.42 Å². The third kappa shape index (κ3) is 2.53. The number of rotatable bonds is 3. The normalized spacial score (nSPS) is 12.6. The van der Waals surface area contributed by atoms with Crippen LogP contribution in [0.25, 0.3) is 0 Å². The van der Waals surface area contributed by atoms with Gasteiger partial charge in [-0.05, 0) is 24.1 Å². The van der Waals surface area contributed by atoms with E-state index in [4.69, 9.17) is 4.74 Å². The SMILES string of the molecule is CCc1ccc(OC(C)F)cc1. The Hall–Kier alpha value is -1.05. The van der Waals surface area contributed by atoms with Crippen molar-refractivity contribution in [3.05, 3.63) is 29.8 Å². The Morgan fingerprint density at radius 2 is 1.92 bits per heavy atom. The van der Waals surface area contributed by atoms with Crippen molar-refractivity contribution < 1.29 is 9.13 Å². The van der Waals surface area contributed by atoms with Gasteiger partial charge in [0.25, 0.3) is 0 Å². The molecule has 0 aliphatic heterocycles. The first-order valence-electron chi connectivity index (χ1n) is 4.12. The summed E-state index contributed by atoms with van der Waals surface area (Å²) in [5, 5.41) is 0. The van der Waals surface area contributed by atoms with Crippen LogP contribution in [0.4, 0.5) is 4.39 Å². The second-order valence-corrected chi connectivity index (χ2v) is 2.66. The summed E-state index contributed by atoms with van der Waals surface area (Å²) in [4.78, 5) is 0. The van der Waals surface area contributed by atoms with E-state index in [-0.39, 0.29) is 0 Å². The highest BCUT2D eigenvalue weighted by Gasteiger charge is 1.98. The van der Waals surface area contributed by atoms with Crippen LogP contribution in [0, 0.1) is 0 Å². The van der Waals surface area contributed by atoms with Gasteiger partial charge in [-0.3, -0.25) is 0 Å². The van der Waals surface area contributed by atoms with Crippen molar-refractivity contribution in [1.82, 2.24) is 0 Å². The lowest BCUT2D eigenvalue weighted by atomic mass is 10.2. The molecule has 0 spiro atoms. The summed E-state index contributed by atoms with van der Waals surface area (Å²) in [6, 6.07) is 7.46. The van der Waals surface area contributed by atoms with Crippen LogP contribution in [0.2, 0.25) is 0 Å². The molecule has 12 heavy (non-hydrogen) atoms. The van der Waals surface area contributed by atoms with Crippen LogP contribution in [0.15, 0.2) is 24.3 Å². The molecule has 1 nitrogen and oxygen atoms in total. The highest BCUT2D eigenvalue weighted by atomic mass is 19.1. The molecule has 0 amide bonds. The van der Waals surface area contributed by atoms with Crippen molar-refractivity contribution in [2.75, 3.05) is 0 Å². The largest absolute Gasteiger partial charge is 0.461 e. The molecule has 0 aromatic heterocycles. The van der Waals surface area contributed by atoms with Gasteiger partial charge in [-0.25, -0.2) is 4.39 Å². The van der Waals surface area contributed by atoms with Crippen molar-refractivity contribution >= 4 is 0 Å². The summed E-state index contributed by atoms with van der Waals surface area (Å²) >= 11 is 0. The molecule has 2 heteroatoms. The van der Waals surface area contributed by atoms with Gasteiger partial charge in [-0.1, -0.05) is 19.1 Å². The monoisotopic (exact) mass is 168 g/mol. The Bertz CT molecular complexity index is 228. The van der Waals surface area contributed by atoms with Crippen LogP contribution in [-0.4, -0.2) is 6.36 Å². The van der Waals surface area contributed by atoms with Crippen molar-refractivity contribution in [2.45, 2.75) is 26.6 Å². The van der Waals surface area contributed by atoms with Crippen molar-refractivity contribution in [2.24, 2.45) is 0 Å². The minimum absolute atomic E-state index is 0.585. The number of benzene rings is 1. The second-order valence-electron chi connectivity index (χ2n) is 2.66. The first-order chi connectivity index (χ1) is 5.72. The summed E-state index contributed by atoms with van der Waals surface area (Å²) in [5.74, 6) is 0.585. The third-order valence-corrected chi connectivity index (χ3v) is 1.63. The van der Waals surface area contributed by atoms with Crippen LogP contribution in [-0.2, 0) is 6.42 Å². The molecule has 1 aromatic rings. The fourth-order valence-corrected chi connectivity index (χ4v) is 0.991. The zero-order valence-electron chi connectivity index (χ0n) is 7.38. The average molecular weight is 168 g/mol. The molecule has 0 bridgehead atoms. The number of hydrogen-bond acceptors (Lipinski definition) is 1. The smallest absolute Gasteiger partial charge is 0.235 e. The maximum Gasteiger partial charge on any atom is 0.235 e. The van der Waals surface area contributed by atoms with Gasteiger partial charge in [0.15, 0.2) is 0 Å². The Morgan fingerprint density at radius 1 is 1.33 bits per heavy atom. The lowest BCUT2D eigenvalue weighted by molar-refractivity contribution is 0.0860. The molecule has 0 fully saturated rings. The van der Waals surface area contributed by atoms with E-state index in [1.54, 1.807) is 12.1 Å². The molecule has 0 saturated heterocycles. The molecule has 0 aliphatic rings. The number of ether oxygens (including phenoxy) is 1. The Kier molecular flexibility index (Phi) is 3.09. The lowest BCUT2D eigenvalue weighted by Gasteiger charge is -2.06. The molecule has 0 aliphatic carbocycles. The molecule has 0 saturated carbocycles. The topological polar surface area (TPSA) is 9.23 Å². The Labute approximate surface area is 72.2 Å². The summed E-state index contributed by atoms with van der Waals surface area (Å²) < 4.78 is 17.2. The zero-order valence-corrected chi connectivity index (χ0v) is 7.38. The zero-order chi connectivity index (χ0) is 8.97. The molecule has 0 heterocycles. The predicted molar refractivity (Wildman–Crippen MR) is 47.0 cm³/mol. The maximum atomic E-state index is 12.3. The number of aryl methyl sites for hydroxylation is 1. The van der Waals surface area contributed by atoms with Crippen LogP contribution < -0.4 is 4.74 Å². The van der Waals surface area contributed by atoms with E-state index in [9.17, 15) is 4.39 Å². The quantitative estimate of drug-likeness (QED) is 0.674. The van der Waals surface area contributed by atoms with Crippen molar-refractivity contribution in [3.8, 4) is 5.75 Å². The van der Waals surface area contributed by atoms with Gasteiger partial charge in [0.1, 0.15) is 5.75 Å². The fourth-order valence-electron chi connectivity index (χ4n) is 0.991. The van der Waals surface area contributed by atoms with E-state index in [0.29, 0.717) is 5.75 Å². The Balaban J connectivity index is 2.65. The number of hydrogen-bond donors (Lipinski definition) is 0. The van der Waals surface area contributed by atoms with Gasteiger partial charge >= 0.3 is 0 Å². The Morgan fingerprint density at radius 3 is 2.33 bits per heavy atom. The summed E-state index contributed by atoms with van der Waals surface area (Å²) in [6.07, 6.45) is -0.247. The van der Waals surface area contributed by atoms with E-state index < -0.39 is 6.36 Å². The van der Waals surface area contributed by atoms with Crippen LogP contribution >= 0.6 is 0 Å². The van der Waals surface area contributed by atoms with E-state index in [1.165, 1.54) is 12.5 Å². The van der Waals surface area contributed by atoms with Crippen molar-refractivity contribution in [3.63, 3.8) is 0 Å². The van der Waals surface area contributed by atoms with Crippen LogP contribution in [0.5, 0.6) is 5.75 Å². The van der Waals surface area contributed by atoms with E-state index >= 15 is 0 Å². The molecule has 1 atom stereocenters. The highest BCUT2D eigenvalue weighted by molar-refractivity contribution is 5.27. The minimum atomic E-state index is -1.24. The van der Waals surface area contributed by atoms with Gasteiger partial charge in [0, 0.05) is 6.92 Å². The van der Waals surface area contributed by atoms with Crippen LogP contribution in [0.3, 0.4) is 0 Å². The fraction of sp³-hybridized carbons (Fsp3) is 0.400. The van der Waals surface area contributed by atoms with Crippen molar-refractivity contribution in [1.29, 1.82) is 0 Å². The van der Waals surface area contributed by atoms with Gasteiger partial charge in [-0.2, -0.15) is 0 Å². The summed E-state index contributed by atoms with van der Waals surface area (Å²) in [5.41, 5.74) is 1.23. The van der Waals surface area contributed by atoms with Gasteiger partial charge in [0.05, 0.1) is 0 Å². The van der Waals surface area contributed by atoms with Gasteiger partial charge < -0.3 is 4.74 Å². The summed E-state index contributed by atoms with van der Waals surface area (Å²) in [6.45, 7) is 3.45. The van der Waals surface area contributed by atoms with Crippen LogP contribution in [0.1, 0.15) is 19.4 Å². The maximum absolute atomic E-state index is 12.3. The first-order valence-corrected chi connectivity index (χ1v) is 4.12. The van der Waals surface area contributed by atoms with Gasteiger partial charge in [-0.15, -0.1) is 0 Å². The molecule has 0 radical (unpaired) electrons. The second kappa shape index (κ2) is 4.10. The molecule has 1 aromatic carbocycles. The third-order valence-electron chi connectivity index (χ3n) is 1.63. The molecule has 1 rings (SSSR count). The number of halogens is 1. The first kappa shape index (κ1) is 9.04. The molecule has 0 N–H and O–H groups in total. The standard InChI is InChI=1S/C10H13FO/c1-3-9-4-6-10(7-5-9)12-8(2)11/h4-8H,3H2,1-2H3. The minimum Gasteiger partial charge on any atom is -0.461 e. The average Bonchev–Trinajstić information content (AvgIpc) is 2.05. The van der Waals surface area contributed by atoms with Gasteiger partial charge in [0.2, 0.25) is 6.36 Å². The lowest BCUT2D eigenvalue weighted by Crippen LogP contribution is -2.03. The molecule has 66 valence electrons. The molecular weight excluding hydrogens is 155 g/mol. The number of alkyl halides is 1. The molecular formula is C10H13FO. The highest BCUT2D eigenvalue weighted by Crippen LogP contribution is 2.14. The molecule has 1 unspecified atom stereocenters. The van der Waals surface area contributed by atoms with E-state index in [1.807, 2.05) is 12.1 Å². The van der Waals surface area contributed by atoms with E-state index in [2.05, 4.69) is 6.92 Å². The summed E-state index contributed by atoms with van der Waals surface area (Å²) in [7, 11) is 0.